The van der Waals surface area contributed by atoms with Gasteiger partial charge >= 0.3 is 0 Å². The number of nitrogens with two attached hydrogens (primary N) is 1. The molecule has 9 nitrogen and oxygen atoms in total. The number of rotatable bonds is 10. The lowest BCUT2D eigenvalue weighted by Gasteiger charge is -2.34. The van der Waals surface area contributed by atoms with Crippen molar-refractivity contribution in [2.24, 2.45) is 5.73 Å². The molecule has 5 rings (SSSR count). The van der Waals surface area contributed by atoms with E-state index in [1.165, 1.54) is 17.4 Å². The first-order chi connectivity index (χ1) is 18.4. The van der Waals surface area contributed by atoms with E-state index in [0.717, 1.165) is 62.6 Å². The Morgan fingerprint density at radius 1 is 1.16 bits per heavy atom. The van der Waals surface area contributed by atoms with Crippen LogP contribution in [0.5, 0.6) is 5.75 Å². The van der Waals surface area contributed by atoms with Gasteiger partial charge in [-0.05, 0) is 19.1 Å². The number of thiophene rings is 1. The number of hydrogen-bond donors (Lipinski definition) is 1. The molecule has 2 N–H and O–H groups in total. The van der Waals surface area contributed by atoms with Gasteiger partial charge in [0.2, 0.25) is 0 Å². The van der Waals surface area contributed by atoms with Crippen molar-refractivity contribution in [3.05, 3.63) is 70.9 Å². The van der Waals surface area contributed by atoms with Gasteiger partial charge in [-0.2, -0.15) is 0 Å². The molecule has 4 heterocycles. The molecule has 1 saturated heterocycles. The number of ether oxygens (including phenoxy) is 2. The van der Waals surface area contributed by atoms with Gasteiger partial charge in [-0.3, -0.25) is 24.1 Å². The van der Waals surface area contributed by atoms with Gasteiger partial charge in [-0.1, -0.05) is 18.2 Å². The van der Waals surface area contributed by atoms with Crippen molar-refractivity contribution in [3.8, 4) is 10.8 Å². The van der Waals surface area contributed by atoms with Crippen molar-refractivity contribution in [2.45, 2.75) is 19.6 Å². The average molecular weight is 539 g/mol. The number of aromatic nitrogens is 3. The minimum absolute atomic E-state index is 0.263. The molecule has 1 aliphatic rings. The summed E-state index contributed by atoms with van der Waals surface area (Å²) in [5.41, 5.74) is 8.62. The van der Waals surface area contributed by atoms with Crippen molar-refractivity contribution in [1.29, 1.82) is 0 Å². The van der Waals surface area contributed by atoms with Crippen LogP contribution in [-0.2, 0) is 11.3 Å². The van der Waals surface area contributed by atoms with Crippen LogP contribution < -0.4 is 10.5 Å². The van der Waals surface area contributed by atoms with Gasteiger partial charge in [0.05, 0.1) is 29.5 Å². The van der Waals surface area contributed by atoms with Crippen LogP contribution in [-0.4, -0.2) is 76.7 Å². The molecule has 1 unspecified atom stereocenters. The molecule has 1 aromatic carbocycles. The Bertz CT molecular complexity index is 1420. The maximum absolute atomic E-state index is 14.2. The van der Waals surface area contributed by atoms with Crippen LogP contribution in [0.1, 0.15) is 34.0 Å². The lowest BCUT2D eigenvalue weighted by Crippen LogP contribution is -2.46. The number of halogens is 1. The first-order valence-corrected chi connectivity index (χ1v) is 13.3. The maximum atomic E-state index is 14.2. The van der Waals surface area contributed by atoms with Crippen LogP contribution in [0.4, 0.5) is 4.39 Å². The van der Waals surface area contributed by atoms with Gasteiger partial charge in [0.1, 0.15) is 33.9 Å². The molecule has 0 radical (unpaired) electrons. The molecule has 1 amide bonds. The minimum atomic E-state index is -0.609. The van der Waals surface area contributed by atoms with Crippen LogP contribution in [0.2, 0.25) is 0 Å². The molecule has 4 aromatic rings. The SMILES string of the molecule is COCCN1CCN(Cc2cc3ncn(-c4cc(OC(C)c5ccccc5F)c(C(N)=O)s4)c3cn2)CC1. The Morgan fingerprint density at radius 2 is 1.92 bits per heavy atom. The monoisotopic (exact) mass is 538 g/mol. The van der Waals surface area contributed by atoms with E-state index in [1.54, 1.807) is 50.8 Å². The summed E-state index contributed by atoms with van der Waals surface area (Å²) in [6, 6.07) is 10.1. The van der Waals surface area contributed by atoms with E-state index in [-0.39, 0.29) is 10.7 Å². The lowest BCUT2D eigenvalue weighted by molar-refractivity contribution is 0.0932. The highest BCUT2D eigenvalue weighted by atomic mass is 32.1. The number of carbonyl (C=O) groups excluding carboxylic acids is 1. The number of benzene rings is 1. The third-order valence-electron chi connectivity index (χ3n) is 6.75. The molecule has 0 bridgehead atoms. The fourth-order valence-electron chi connectivity index (χ4n) is 4.63. The summed E-state index contributed by atoms with van der Waals surface area (Å²) in [5.74, 6) is -0.667. The highest BCUT2D eigenvalue weighted by Crippen LogP contribution is 2.36. The van der Waals surface area contributed by atoms with Crippen LogP contribution in [0.15, 0.2) is 48.9 Å². The molecule has 11 heteroatoms. The zero-order chi connectivity index (χ0) is 26.6. The maximum Gasteiger partial charge on any atom is 0.262 e. The minimum Gasteiger partial charge on any atom is -0.484 e. The standard InChI is InChI=1S/C27H31FN6O3S/c1-18(20-5-3-4-6-21(20)28)37-24-14-25(38-26(24)27(29)35)34-17-31-22-13-19(30-15-23(22)34)16-33-9-7-32(8-10-33)11-12-36-2/h3-6,13-15,17-18H,7-12,16H2,1-2H3,(H2,29,35). The van der Waals surface area contributed by atoms with Gasteiger partial charge < -0.3 is 15.2 Å². The third kappa shape index (κ3) is 5.70. The fraction of sp³-hybridized carbons (Fsp3) is 0.370. The number of hydrogen-bond acceptors (Lipinski definition) is 8. The summed E-state index contributed by atoms with van der Waals surface area (Å²) in [5, 5.41) is 0.707. The molecule has 0 spiro atoms. The van der Waals surface area contributed by atoms with E-state index in [1.807, 2.05) is 10.6 Å². The molecule has 0 aliphatic carbocycles. The van der Waals surface area contributed by atoms with Gasteiger partial charge in [-0.25, -0.2) is 9.37 Å². The summed E-state index contributed by atoms with van der Waals surface area (Å²) in [6.07, 6.45) is 2.90. The average Bonchev–Trinajstić information content (AvgIpc) is 3.52. The van der Waals surface area contributed by atoms with E-state index in [2.05, 4.69) is 14.8 Å². The molecule has 0 saturated carbocycles. The summed E-state index contributed by atoms with van der Waals surface area (Å²) >= 11 is 1.20. The van der Waals surface area contributed by atoms with E-state index in [4.69, 9.17) is 20.2 Å². The van der Waals surface area contributed by atoms with Crippen LogP contribution in [0.3, 0.4) is 0 Å². The summed E-state index contributed by atoms with van der Waals surface area (Å²) < 4.78 is 27.3. The van der Waals surface area contributed by atoms with Crippen LogP contribution in [0.25, 0.3) is 16.0 Å². The molecule has 1 aliphatic heterocycles. The number of pyridine rings is 1. The number of nitrogens with zero attached hydrogens (tertiary/aromatic N) is 5. The number of fused-ring (bicyclic) bond motifs is 1. The highest BCUT2D eigenvalue weighted by Gasteiger charge is 2.22. The number of imidazole rings is 1. The number of piperazine rings is 1. The fourth-order valence-corrected chi connectivity index (χ4v) is 5.56. The number of primary amides is 1. The Balaban J connectivity index is 1.32. The predicted molar refractivity (Wildman–Crippen MR) is 144 cm³/mol. The van der Waals surface area contributed by atoms with Gasteiger partial charge in [0, 0.05) is 58.0 Å². The molecule has 1 fully saturated rings. The Kier molecular flexibility index (Phi) is 7.98. The summed E-state index contributed by atoms with van der Waals surface area (Å²) in [6.45, 7) is 8.20. The molecule has 3 aromatic heterocycles. The highest BCUT2D eigenvalue weighted by molar-refractivity contribution is 7.16. The molecular formula is C27H31FN6O3S. The number of methoxy groups -OCH3 is 1. The second-order valence-electron chi connectivity index (χ2n) is 9.31. The van der Waals surface area contributed by atoms with Crippen molar-refractivity contribution in [2.75, 3.05) is 46.4 Å². The first-order valence-electron chi connectivity index (χ1n) is 12.5. The number of carbonyl (C=O) groups is 1. The zero-order valence-electron chi connectivity index (χ0n) is 21.5. The van der Waals surface area contributed by atoms with Gasteiger partial charge in [-0.15, -0.1) is 11.3 Å². The molecular weight excluding hydrogens is 507 g/mol. The molecule has 38 heavy (non-hydrogen) atoms. The predicted octanol–water partition coefficient (Wildman–Crippen LogP) is 3.62. The topological polar surface area (TPSA) is 98.7 Å². The van der Waals surface area contributed by atoms with E-state index in [9.17, 15) is 9.18 Å². The quantitative estimate of drug-likeness (QED) is 0.329. The summed E-state index contributed by atoms with van der Waals surface area (Å²) in [4.78, 5) is 26.5. The Morgan fingerprint density at radius 3 is 2.66 bits per heavy atom. The van der Waals surface area contributed by atoms with Crippen LogP contribution >= 0.6 is 11.3 Å². The van der Waals surface area contributed by atoms with Gasteiger partial charge in [0.25, 0.3) is 5.91 Å². The van der Waals surface area contributed by atoms with Gasteiger partial charge in [0.15, 0.2) is 0 Å². The molecule has 1 atom stereocenters. The summed E-state index contributed by atoms with van der Waals surface area (Å²) in [7, 11) is 1.73. The Labute approximate surface area is 224 Å². The van der Waals surface area contributed by atoms with Crippen molar-refractivity contribution < 1.29 is 18.7 Å². The largest absolute Gasteiger partial charge is 0.484 e. The second-order valence-corrected chi connectivity index (χ2v) is 10.3. The third-order valence-corrected chi connectivity index (χ3v) is 7.88. The molecule has 200 valence electrons. The lowest BCUT2D eigenvalue weighted by atomic mass is 10.1. The van der Waals surface area contributed by atoms with E-state index < -0.39 is 12.0 Å². The zero-order valence-corrected chi connectivity index (χ0v) is 22.3. The Hall–Kier alpha value is -3.38. The second kappa shape index (κ2) is 11.6. The first kappa shape index (κ1) is 26.2. The van der Waals surface area contributed by atoms with E-state index >= 15 is 0 Å². The van der Waals surface area contributed by atoms with Crippen molar-refractivity contribution in [1.82, 2.24) is 24.3 Å². The van der Waals surface area contributed by atoms with Crippen LogP contribution in [0, 0.1) is 5.82 Å². The van der Waals surface area contributed by atoms with E-state index in [0.29, 0.717) is 16.3 Å². The van der Waals surface area contributed by atoms with Crippen molar-refractivity contribution >= 4 is 28.3 Å². The van der Waals surface area contributed by atoms with Crippen molar-refractivity contribution in [3.63, 3.8) is 0 Å². The smallest absolute Gasteiger partial charge is 0.262 e. The normalized spacial score (nSPS) is 15.7. The number of amides is 1.